The second-order valence-corrected chi connectivity index (χ2v) is 5.86. The summed E-state index contributed by atoms with van der Waals surface area (Å²) in [6, 6.07) is 12.7. The van der Waals surface area contributed by atoms with E-state index in [4.69, 9.17) is 11.6 Å². The van der Waals surface area contributed by atoms with E-state index in [1.54, 1.807) is 6.07 Å². The van der Waals surface area contributed by atoms with Crippen LogP contribution in [0.25, 0.3) is 0 Å². The molecule has 0 fully saturated rings. The van der Waals surface area contributed by atoms with Crippen LogP contribution in [-0.2, 0) is 13.1 Å². The summed E-state index contributed by atoms with van der Waals surface area (Å²) in [5.74, 6) is -0.226. The van der Waals surface area contributed by atoms with Crippen LogP contribution in [0.4, 0.5) is 4.39 Å². The molecular weight excluding hydrogens is 329 g/mol. The Bertz CT molecular complexity index is 554. The molecule has 0 N–H and O–H groups in total. The van der Waals surface area contributed by atoms with Crippen molar-refractivity contribution in [3.05, 3.63) is 68.9 Å². The third-order valence-corrected chi connectivity index (χ3v) is 3.60. The topological polar surface area (TPSA) is 3.24 Å². The Morgan fingerprint density at radius 1 is 1.16 bits per heavy atom. The molecule has 0 radical (unpaired) electrons. The van der Waals surface area contributed by atoms with E-state index in [0.29, 0.717) is 6.54 Å². The van der Waals surface area contributed by atoms with Crippen molar-refractivity contribution in [3.8, 4) is 0 Å². The molecule has 2 aromatic carbocycles. The SMILES string of the molecule is CN(Cc1cc(F)cc(Br)c1)Cc1ccccc1Cl. The molecule has 0 heterocycles. The Balaban J connectivity index is 2.05. The second-order valence-electron chi connectivity index (χ2n) is 4.54. The Hall–Kier alpha value is -0.900. The molecule has 4 heteroatoms. The molecule has 2 rings (SSSR count). The maximum atomic E-state index is 13.3. The van der Waals surface area contributed by atoms with E-state index < -0.39 is 0 Å². The van der Waals surface area contributed by atoms with Gasteiger partial charge in [-0.15, -0.1) is 0 Å². The molecule has 100 valence electrons. The minimum absolute atomic E-state index is 0.226. The van der Waals surface area contributed by atoms with Gasteiger partial charge in [0.25, 0.3) is 0 Å². The number of rotatable bonds is 4. The van der Waals surface area contributed by atoms with Crippen molar-refractivity contribution >= 4 is 27.5 Å². The Kier molecular flexibility index (Phi) is 4.97. The fourth-order valence-electron chi connectivity index (χ4n) is 1.99. The highest BCUT2D eigenvalue weighted by molar-refractivity contribution is 9.10. The van der Waals surface area contributed by atoms with Gasteiger partial charge < -0.3 is 0 Å². The van der Waals surface area contributed by atoms with E-state index in [0.717, 1.165) is 27.2 Å². The molecule has 0 aliphatic rings. The quantitative estimate of drug-likeness (QED) is 0.766. The van der Waals surface area contributed by atoms with Crippen LogP contribution in [0.3, 0.4) is 0 Å². The van der Waals surface area contributed by atoms with E-state index in [1.807, 2.05) is 37.4 Å². The lowest BCUT2D eigenvalue weighted by Gasteiger charge is -2.17. The molecular formula is C15H14BrClFN. The van der Waals surface area contributed by atoms with E-state index >= 15 is 0 Å². The van der Waals surface area contributed by atoms with Crippen LogP contribution < -0.4 is 0 Å². The Morgan fingerprint density at radius 2 is 1.89 bits per heavy atom. The van der Waals surface area contributed by atoms with Gasteiger partial charge in [0.2, 0.25) is 0 Å². The van der Waals surface area contributed by atoms with E-state index in [9.17, 15) is 4.39 Å². The molecule has 0 amide bonds. The molecule has 0 aromatic heterocycles. The van der Waals surface area contributed by atoms with Gasteiger partial charge in [0, 0.05) is 22.6 Å². The van der Waals surface area contributed by atoms with Gasteiger partial charge in [-0.2, -0.15) is 0 Å². The maximum absolute atomic E-state index is 13.3. The first-order chi connectivity index (χ1) is 9.04. The van der Waals surface area contributed by atoms with Crippen molar-refractivity contribution in [1.82, 2.24) is 4.90 Å². The molecule has 0 saturated heterocycles. The van der Waals surface area contributed by atoms with Crippen LogP contribution in [0.1, 0.15) is 11.1 Å². The summed E-state index contributed by atoms with van der Waals surface area (Å²) in [6.45, 7) is 1.40. The fourth-order valence-corrected chi connectivity index (χ4v) is 2.70. The first-order valence-corrected chi connectivity index (χ1v) is 7.08. The standard InChI is InChI=1S/C15H14BrClFN/c1-19(10-12-4-2-3-5-15(12)17)9-11-6-13(16)8-14(18)7-11/h2-8H,9-10H2,1H3. The molecule has 1 nitrogen and oxygen atoms in total. The van der Waals surface area contributed by atoms with E-state index in [2.05, 4.69) is 20.8 Å². The molecule has 0 spiro atoms. The molecule has 0 aliphatic carbocycles. The molecule has 0 saturated carbocycles. The highest BCUT2D eigenvalue weighted by Gasteiger charge is 2.06. The van der Waals surface area contributed by atoms with Gasteiger partial charge in [-0.3, -0.25) is 4.90 Å². The number of nitrogens with zero attached hydrogens (tertiary/aromatic N) is 1. The monoisotopic (exact) mass is 341 g/mol. The molecule has 0 atom stereocenters. The largest absolute Gasteiger partial charge is 0.298 e. The van der Waals surface area contributed by atoms with Crippen LogP contribution >= 0.6 is 27.5 Å². The van der Waals surface area contributed by atoms with Gasteiger partial charge in [0.05, 0.1) is 0 Å². The highest BCUT2D eigenvalue weighted by Crippen LogP contribution is 2.19. The lowest BCUT2D eigenvalue weighted by Crippen LogP contribution is -2.17. The minimum Gasteiger partial charge on any atom is -0.298 e. The summed E-state index contributed by atoms with van der Waals surface area (Å²) in [5, 5.41) is 0.759. The first-order valence-electron chi connectivity index (χ1n) is 5.91. The molecule has 0 unspecified atom stereocenters. The van der Waals surface area contributed by atoms with Gasteiger partial charge in [0.1, 0.15) is 5.82 Å². The van der Waals surface area contributed by atoms with Gasteiger partial charge >= 0.3 is 0 Å². The normalized spacial score (nSPS) is 11.0. The average molecular weight is 343 g/mol. The molecule has 0 aliphatic heterocycles. The predicted molar refractivity (Wildman–Crippen MR) is 80.7 cm³/mol. The highest BCUT2D eigenvalue weighted by atomic mass is 79.9. The lowest BCUT2D eigenvalue weighted by molar-refractivity contribution is 0.318. The summed E-state index contributed by atoms with van der Waals surface area (Å²) < 4.78 is 14.1. The van der Waals surface area contributed by atoms with Crippen molar-refractivity contribution < 1.29 is 4.39 Å². The van der Waals surface area contributed by atoms with Gasteiger partial charge in [-0.25, -0.2) is 4.39 Å². The molecule has 19 heavy (non-hydrogen) atoms. The van der Waals surface area contributed by atoms with Crippen LogP contribution in [0.2, 0.25) is 5.02 Å². The summed E-state index contributed by atoms with van der Waals surface area (Å²) in [4.78, 5) is 2.10. The predicted octanol–water partition coefficient (Wildman–Crippen LogP) is 4.87. The summed E-state index contributed by atoms with van der Waals surface area (Å²) in [5.41, 5.74) is 2.00. The summed E-state index contributed by atoms with van der Waals surface area (Å²) in [7, 11) is 1.99. The number of hydrogen-bond donors (Lipinski definition) is 0. The maximum Gasteiger partial charge on any atom is 0.124 e. The van der Waals surface area contributed by atoms with E-state index in [1.165, 1.54) is 6.07 Å². The Morgan fingerprint density at radius 3 is 2.58 bits per heavy atom. The average Bonchev–Trinajstić information content (AvgIpc) is 2.30. The zero-order chi connectivity index (χ0) is 13.8. The lowest BCUT2D eigenvalue weighted by atomic mass is 10.2. The zero-order valence-corrected chi connectivity index (χ0v) is 12.9. The van der Waals surface area contributed by atoms with Crippen LogP contribution in [0.5, 0.6) is 0 Å². The summed E-state index contributed by atoms with van der Waals surface area (Å²) in [6.07, 6.45) is 0. The van der Waals surface area contributed by atoms with Crippen molar-refractivity contribution in [3.63, 3.8) is 0 Å². The number of halogens is 3. The Labute approximate surface area is 126 Å². The summed E-state index contributed by atoms with van der Waals surface area (Å²) >= 11 is 9.43. The third-order valence-electron chi connectivity index (χ3n) is 2.77. The number of hydrogen-bond acceptors (Lipinski definition) is 1. The van der Waals surface area contributed by atoms with Crippen LogP contribution in [0, 0.1) is 5.82 Å². The van der Waals surface area contributed by atoms with Crippen LogP contribution in [0.15, 0.2) is 46.9 Å². The van der Waals surface area contributed by atoms with Gasteiger partial charge in [0.15, 0.2) is 0 Å². The van der Waals surface area contributed by atoms with Crippen molar-refractivity contribution in [2.45, 2.75) is 13.1 Å². The minimum atomic E-state index is -0.226. The van der Waals surface area contributed by atoms with Gasteiger partial charge in [-0.1, -0.05) is 45.7 Å². The smallest absolute Gasteiger partial charge is 0.124 e. The van der Waals surface area contributed by atoms with Crippen molar-refractivity contribution in [1.29, 1.82) is 0 Å². The van der Waals surface area contributed by atoms with Crippen molar-refractivity contribution in [2.75, 3.05) is 7.05 Å². The third kappa shape index (κ3) is 4.30. The van der Waals surface area contributed by atoms with Crippen LogP contribution in [-0.4, -0.2) is 11.9 Å². The molecule has 2 aromatic rings. The van der Waals surface area contributed by atoms with Gasteiger partial charge in [-0.05, 0) is 42.4 Å². The first kappa shape index (κ1) is 14.5. The van der Waals surface area contributed by atoms with Crippen molar-refractivity contribution in [2.24, 2.45) is 0 Å². The number of benzene rings is 2. The van der Waals surface area contributed by atoms with E-state index in [-0.39, 0.29) is 5.82 Å². The zero-order valence-electron chi connectivity index (χ0n) is 10.5. The fraction of sp³-hybridized carbons (Fsp3) is 0.200. The second kappa shape index (κ2) is 6.51. The molecule has 0 bridgehead atoms.